The minimum absolute atomic E-state index is 0.0216. The summed E-state index contributed by atoms with van der Waals surface area (Å²) in [6.07, 6.45) is 18.8. The van der Waals surface area contributed by atoms with Crippen LogP contribution < -0.4 is 0 Å². The average molecular weight is 473 g/mol. The number of fused-ring (bicyclic) bond motifs is 5. The highest BCUT2D eigenvalue weighted by Gasteiger charge is 2.58. The van der Waals surface area contributed by atoms with Gasteiger partial charge in [-0.25, -0.2) is 0 Å². The summed E-state index contributed by atoms with van der Waals surface area (Å²) in [4.78, 5) is 12.2. The van der Waals surface area contributed by atoms with Crippen molar-refractivity contribution in [2.45, 2.75) is 139 Å². The van der Waals surface area contributed by atoms with Gasteiger partial charge in [0.15, 0.2) is 0 Å². The summed E-state index contributed by atoms with van der Waals surface area (Å²) in [6.45, 7) is 17.9. The third kappa shape index (κ3) is 5.46. The molecular formula is C32H56O2. The first kappa shape index (κ1) is 27.8. The Labute approximate surface area is 212 Å². The van der Waals surface area contributed by atoms with Crippen LogP contribution in [0, 0.1) is 46.3 Å². The molecule has 0 amide bonds. The smallest absolute Gasteiger partial charge is 0.308 e. The van der Waals surface area contributed by atoms with Crippen molar-refractivity contribution in [1.29, 1.82) is 0 Å². The summed E-state index contributed by atoms with van der Waals surface area (Å²) in [5, 5.41) is 0. The monoisotopic (exact) mass is 472 g/mol. The molecule has 0 heterocycles. The molecule has 2 nitrogen and oxygen atoms in total. The minimum Gasteiger partial charge on any atom is -0.462 e. The lowest BCUT2D eigenvalue weighted by molar-refractivity contribution is -0.155. The van der Waals surface area contributed by atoms with E-state index in [-0.39, 0.29) is 18.0 Å². The normalized spacial score (nSPS) is 38.9. The largest absolute Gasteiger partial charge is 0.462 e. The lowest BCUT2D eigenvalue weighted by Gasteiger charge is -2.58. The summed E-state index contributed by atoms with van der Waals surface area (Å²) in [5.41, 5.74) is 2.56. The maximum Gasteiger partial charge on any atom is 0.308 e. The van der Waals surface area contributed by atoms with Crippen molar-refractivity contribution >= 4 is 5.97 Å². The minimum atomic E-state index is -0.0234. The lowest BCUT2D eigenvalue weighted by Crippen LogP contribution is -2.50. The Kier molecular flexibility index (Phi) is 9.41. The van der Waals surface area contributed by atoms with Gasteiger partial charge >= 0.3 is 5.97 Å². The summed E-state index contributed by atoms with van der Waals surface area (Å²) >= 11 is 0. The van der Waals surface area contributed by atoms with Crippen molar-refractivity contribution in [3.05, 3.63) is 11.6 Å². The third-order valence-corrected chi connectivity index (χ3v) is 10.6. The van der Waals surface area contributed by atoms with Gasteiger partial charge in [-0.05, 0) is 91.8 Å². The van der Waals surface area contributed by atoms with Crippen LogP contribution >= 0.6 is 0 Å². The molecular weight excluding hydrogens is 416 g/mol. The van der Waals surface area contributed by atoms with E-state index in [0.717, 1.165) is 42.4 Å². The first-order chi connectivity index (χ1) is 16.1. The molecule has 0 radical (unpaired) electrons. The van der Waals surface area contributed by atoms with Crippen molar-refractivity contribution in [3.8, 4) is 0 Å². The zero-order valence-electron chi connectivity index (χ0n) is 23.9. The Bertz CT molecular complexity index is 706. The second kappa shape index (κ2) is 11.5. The van der Waals surface area contributed by atoms with Crippen LogP contribution in [-0.2, 0) is 9.53 Å². The van der Waals surface area contributed by atoms with Crippen molar-refractivity contribution in [3.63, 3.8) is 0 Å². The summed E-state index contributed by atoms with van der Waals surface area (Å²) in [5.74, 6) is 4.44. The van der Waals surface area contributed by atoms with Gasteiger partial charge in [-0.1, -0.05) is 86.3 Å². The molecule has 0 aromatic carbocycles. The van der Waals surface area contributed by atoms with E-state index in [9.17, 15) is 4.79 Å². The molecule has 0 N–H and O–H groups in total. The van der Waals surface area contributed by atoms with Gasteiger partial charge in [0.2, 0.25) is 0 Å². The molecule has 0 spiro atoms. The first-order valence-corrected chi connectivity index (χ1v) is 15.0. The topological polar surface area (TPSA) is 26.3 Å². The highest BCUT2D eigenvalue weighted by molar-refractivity contribution is 5.71. The lowest BCUT2D eigenvalue weighted by atomic mass is 9.47. The zero-order chi connectivity index (χ0) is 25.1. The number of carbonyl (C=O) groups excluding carboxylic acids is 1. The van der Waals surface area contributed by atoms with Gasteiger partial charge < -0.3 is 4.74 Å². The van der Waals surface area contributed by atoms with Crippen molar-refractivity contribution in [2.24, 2.45) is 46.3 Å². The number of rotatable bonds is 7. The summed E-state index contributed by atoms with van der Waals surface area (Å²) in [6, 6.07) is 0. The Hall–Kier alpha value is -0.790. The van der Waals surface area contributed by atoms with Gasteiger partial charge in [-0.15, -0.1) is 0 Å². The Morgan fingerprint density at radius 2 is 1.74 bits per heavy atom. The molecule has 4 aliphatic carbocycles. The molecule has 7 unspecified atom stereocenters. The van der Waals surface area contributed by atoms with E-state index in [1.165, 1.54) is 64.2 Å². The average Bonchev–Trinajstić information content (AvgIpc) is 3.14. The fourth-order valence-electron chi connectivity index (χ4n) is 8.55. The van der Waals surface area contributed by atoms with E-state index in [0.29, 0.717) is 10.8 Å². The number of allylic oxidation sites excluding steroid dienone is 1. The van der Waals surface area contributed by atoms with Gasteiger partial charge in [0.05, 0.1) is 5.92 Å². The molecule has 3 fully saturated rings. The van der Waals surface area contributed by atoms with Gasteiger partial charge in [0.1, 0.15) is 6.10 Å². The second-order valence-electron chi connectivity index (χ2n) is 13.2. The number of hydrogen-bond acceptors (Lipinski definition) is 2. The Morgan fingerprint density at radius 3 is 2.41 bits per heavy atom. The molecule has 0 aromatic heterocycles. The highest BCUT2D eigenvalue weighted by Crippen LogP contribution is 2.66. The fourth-order valence-corrected chi connectivity index (χ4v) is 8.55. The molecule has 196 valence electrons. The second-order valence-corrected chi connectivity index (χ2v) is 13.2. The van der Waals surface area contributed by atoms with Crippen molar-refractivity contribution in [2.75, 3.05) is 0 Å². The Morgan fingerprint density at radius 1 is 1.00 bits per heavy atom. The quantitative estimate of drug-likeness (QED) is 0.209. The van der Waals surface area contributed by atoms with Gasteiger partial charge in [0, 0.05) is 6.42 Å². The standard InChI is InChI=1S/C30H50O2.C2H6/c1-20(2)9-7-8-10-22-12-14-26-25-13-11-23-19-24(32-28(31)21(3)4)15-17-30(23,6)27(25)16-18-29(22,26)5;1-2/h11,20-22,24-27H,7-10,12-19H2,1-6H3;1-2H3. The molecule has 34 heavy (non-hydrogen) atoms. The van der Waals surface area contributed by atoms with Crippen LogP contribution in [0.2, 0.25) is 0 Å². The highest BCUT2D eigenvalue weighted by atomic mass is 16.5. The number of esters is 1. The predicted molar refractivity (Wildman–Crippen MR) is 145 cm³/mol. The van der Waals surface area contributed by atoms with Crippen LogP contribution in [0.4, 0.5) is 0 Å². The van der Waals surface area contributed by atoms with Gasteiger partial charge in [-0.3, -0.25) is 4.79 Å². The fraction of sp³-hybridized carbons (Fsp3) is 0.906. The summed E-state index contributed by atoms with van der Waals surface area (Å²) in [7, 11) is 0. The molecule has 4 rings (SSSR count). The van der Waals surface area contributed by atoms with Gasteiger partial charge in [0.25, 0.3) is 0 Å². The number of hydrogen-bond donors (Lipinski definition) is 0. The van der Waals surface area contributed by atoms with E-state index in [1.54, 1.807) is 5.57 Å². The maximum absolute atomic E-state index is 12.2. The van der Waals surface area contributed by atoms with Crippen LogP contribution in [0.25, 0.3) is 0 Å². The van der Waals surface area contributed by atoms with Crippen molar-refractivity contribution in [1.82, 2.24) is 0 Å². The molecule has 4 aliphatic rings. The molecule has 2 heteroatoms. The van der Waals surface area contributed by atoms with Crippen molar-refractivity contribution < 1.29 is 9.53 Å². The van der Waals surface area contributed by atoms with Crippen LogP contribution in [-0.4, -0.2) is 12.1 Å². The summed E-state index contributed by atoms with van der Waals surface area (Å²) < 4.78 is 5.86. The van der Waals surface area contributed by atoms with E-state index in [2.05, 4.69) is 33.8 Å². The molecule has 0 saturated heterocycles. The third-order valence-electron chi connectivity index (χ3n) is 10.6. The van der Waals surface area contributed by atoms with Crippen LogP contribution in [0.5, 0.6) is 0 Å². The van der Waals surface area contributed by atoms with Crippen LogP contribution in [0.15, 0.2) is 11.6 Å². The maximum atomic E-state index is 12.2. The molecule has 0 aromatic rings. The number of carbonyl (C=O) groups is 1. The van der Waals surface area contributed by atoms with E-state index >= 15 is 0 Å². The molecule has 3 saturated carbocycles. The van der Waals surface area contributed by atoms with E-state index < -0.39 is 0 Å². The van der Waals surface area contributed by atoms with Gasteiger partial charge in [-0.2, -0.15) is 0 Å². The van der Waals surface area contributed by atoms with Crippen LogP contribution in [0.1, 0.15) is 132 Å². The zero-order valence-corrected chi connectivity index (χ0v) is 23.9. The molecule has 0 bridgehead atoms. The Balaban J connectivity index is 0.00000158. The number of unbranched alkanes of at least 4 members (excludes halogenated alkanes) is 1. The SMILES string of the molecule is CC.CC(C)CCCCC1CCC2C3CC=C4CC(OC(=O)C(C)C)CCC4(C)C3CCC12C. The molecule has 0 aliphatic heterocycles. The van der Waals surface area contributed by atoms with E-state index in [4.69, 9.17) is 4.74 Å². The number of ether oxygens (including phenoxy) is 1. The van der Waals surface area contributed by atoms with Crippen LogP contribution in [0.3, 0.4) is 0 Å². The first-order valence-electron chi connectivity index (χ1n) is 15.0. The molecule has 7 atom stereocenters. The van der Waals surface area contributed by atoms with E-state index in [1.807, 2.05) is 27.7 Å². The predicted octanol–water partition coefficient (Wildman–Crippen LogP) is 9.38.